The Morgan fingerprint density at radius 1 is 0.957 bits per heavy atom. The number of likely N-dealkylation sites (tertiary alicyclic amines) is 1. The molecule has 4 heteroatoms. The molecule has 1 aliphatic heterocycles. The van der Waals surface area contributed by atoms with Crippen LogP contribution in [0.4, 0.5) is 0 Å². The molecule has 4 nitrogen and oxygen atoms in total. The molecule has 0 bridgehead atoms. The molecule has 0 saturated carbocycles. The summed E-state index contributed by atoms with van der Waals surface area (Å²) in [4.78, 5) is 26.8. The van der Waals surface area contributed by atoms with E-state index in [9.17, 15) is 9.59 Å². The van der Waals surface area contributed by atoms with Crippen LogP contribution < -0.4 is 5.32 Å². The van der Waals surface area contributed by atoms with E-state index < -0.39 is 0 Å². The number of piperidine rings is 1. The Balaban J connectivity index is 2.54. The number of nitrogens with zero attached hydrogens (tertiary/aromatic N) is 1. The second kappa shape index (κ2) is 6.82. The van der Waals surface area contributed by atoms with Crippen molar-refractivity contribution in [3.05, 3.63) is 0 Å². The molecule has 1 aliphatic rings. The molecule has 2 amide bonds. The zero-order chi connectivity index (χ0) is 18.1. The second-order valence-corrected chi connectivity index (χ2v) is 9.93. The number of nitrogens with one attached hydrogen (secondary N) is 1. The van der Waals surface area contributed by atoms with E-state index in [1.54, 1.807) is 0 Å². The van der Waals surface area contributed by atoms with Gasteiger partial charge >= 0.3 is 0 Å². The molecule has 0 aromatic heterocycles. The lowest BCUT2D eigenvalue weighted by Gasteiger charge is -2.38. The second-order valence-electron chi connectivity index (χ2n) is 9.93. The third-order valence-electron chi connectivity index (χ3n) is 4.23. The molecule has 23 heavy (non-hydrogen) atoms. The first kappa shape index (κ1) is 20.0. The zero-order valence-electron chi connectivity index (χ0n) is 16.4. The Labute approximate surface area is 142 Å². The Morgan fingerprint density at radius 2 is 1.43 bits per heavy atom. The van der Waals surface area contributed by atoms with Crippen molar-refractivity contribution in [2.75, 3.05) is 13.1 Å². The van der Waals surface area contributed by atoms with E-state index in [1.165, 1.54) is 0 Å². The van der Waals surface area contributed by atoms with Gasteiger partial charge in [0.15, 0.2) is 0 Å². The van der Waals surface area contributed by atoms with Gasteiger partial charge in [0.05, 0.1) is 0 Å². The summed E-state index contributed by atoms with van der Waals surface area (Å²) in [6.07, 6.45) is 2.46. The van der Waals surface area contributed by atoms with Gasteiger partial charge in [0.25, 0.3) is 0 Å². The first-order chi connectivity index (χ1) is 10.2. The average Bonchev–Trinajstić information content (AvgIpc) is 2.33. The zero-order valence-corrected chi connectivity index (χ0v) is 16.4. The molecule has 1 N–H and O–H groups in total. The lowest BCUT2D eigenvalue weighted by atomic mass is 9.81. The topological polar surface area (TPSA) is 49.4 Å². The van der Waals surface area contributed by atoms with E-state index in [4.69, 9.17) is 0 Å². The smallest absolute Gasteiger partial charge is 0.227 e. The van der Waals surface area contributed by atoms with Crippen molar-refractivity contribution in [2.24, 2.45) is 16.7 Å². The van der Waals surface area contributed by atoms with Crippen LogP contribution in [0.5, 0.6) is 0 Å². The van der Waals surface area contributed by atoms with Crippen LogP contribution in [0.2, 0.25) is 0 Å². The standard InChI is InChI=1S/C19H36N2O2/c1-17(2,3)13-19(7,8)20-15(22)14-9-11-21(12-10-14)16(23)18(4,5)6/h14H,9-13H2,1-8H3,(H,20,22). The van der Waals surface area contributed by atoms with Crippen LogP contribution >= 0.6 is 0 Å². The Bertz CT molecular complexity index is 433. The van der Waals surface area contributed by atoms with E-state index in [-0.39, 0.29) is 34.1 Å². The number of hydrogen-bond donors (Lipinski definition) is 1. The fourth-order valence-corrected chi connectivity index (χ4v) is 3.62. The highest BCUT2D eigenvalue weighted by Crippen LogP contribution is 2.28. The van der Waals surface area contributed by atoms with E-state index in [0.717, 1.165) is 19.3 Å². The Hall–Kier alpha value is -1.06. The monoisotopic (exact) mass is 324 g/mol. The molecule has 1 heterocycles. The van der Waals surface area contributed by atoms with Gasteiger partial charge in [-0.2, -0.15) is 0 Å². The van der Waals surface area contributed by atoms with Crippen LogP contribution in [0.15, 0.2) is 0 Å². The maximum atomic E-state index is 12.6. The number of hydrogen-bond acceptors (Lipinski definition) is 2. The highest BCUT2D eigenvalue weighted by molar-refractivity contribution is 5.83. The molecule has 0 unspecified atom stereocenters. The van der Waals surface area contributed by atoms with Crippen LogP contribution in [0.3, 0.4) is 0 Å². The summed E-state index contributed by atoms with van der Waals surface area (Å²) in [5.74, 6) is 0.352. The molecule has 0 radical (unpaired) electrons. The molecule has 1 rings (SSSR count). The van der Waals surface area contributed by atoms with E-state index in [0.29, 0.717) is 13.1 Å². The molecule has 1 fully saturated rings. The predicted octanol–water partition coefficient (Wildman–Crippen LogP) is 3.60. The number of rotatable bonds is 3. The summed E-state index contributed by atoms with van der Waals surface area (Å²) < 4.78 is 0. The van der Waals surface area contributed by atoms with Crippen molar-refractivity contribution in [3.8, 4) is 0 Å². The predicted molar refractivity (Wildman–Crippen MR) is 95.1 cm³/mol. The van der Waals surface area contributed by atoms with Gasteiger partial charge in [0, 0.05) is 30.0 Å². The first-order valence-corrected chi connectivity index (χ1v) is 8.83. The molecule has 0 atom stereocenters. The van der Waals surface area contributed by atoms with Gasteiger partial charge in [-0.1, -0.05) is 41.5 Å². The molecule has 0 aromatic rings. The molecule has 134 valence electrons. The highest BCUT2D eigenvalue weighted by atomic mass is 16.2. The van der Waals surface area contributed by atoms with Gasteiger partial charge in [-0.05, 0) is 38.5 Å². The minimum Gasteiger partial charge on any atom is -0.351 e. The third kappa shape index (κ3) is 6.52. The highest BCUT2D eigenvalue weighted by Gasteiger charge is 2.34. The minimum absolute atomic E-state index is 0.0262. The number of amides is 2. The van der Waals surface area contributed by atoms with Crippen LogP contribution in [-0.4, -0.2) is 35.3 Å². The first-order valence-electron chi connectivity index (χ1n) is 8.83. The maximum absolute atomic E-state index is 12.6. The summed E-state index contributed by atoms with van der Waals surface area (Å²) >= 11 is 0. The molecular formula is C19H36N2O2. The summed E-state index contributed by atoms with van der Waals surface area (Å²) in [7, 11) is 0. The summed E-state index contributed by atoms with van der Waals surface area (Å²) in [6.45, 7) is 18.0. The van der Waals surface area contributed by atoms with Crippen molar-refractivity contribution in [1.82, 2.24) is 10.2 Å². The summed E-state index contributed by atoms with van der Waals surface area (Å²) in [5.41, 5.74) is -0.364. The van der Waals surface area contributed by atoms with Crippen LogP contribution in [-0.2, 0) is 9.59 Å². The van der Waals surface area contributed by atoms with Crippen LogP contribution in [0.25, 0.3) is 0 Å². The molecule has 0 aromatic carbocycles. The molecule has 1 saturated heterocycles. The Morgan fingerprint density at radius 3 is 1.83 bits per heavy atom. The van der Waals surface area contributed by atoms with Crippen molar-refractivity contribution in [3.63, 3.8) is 0 Å². The molecule has 0 spiro atoms. The third-order valence-corrected chi connectivity index (χ3v) is 4.23. The average molecular weight is 325 g/mol. The van der Waals surface area contributed by atoms with Gasteiger partial charge in [-0.25, -0.2) is 0 Å². The summed E-state index contributed by atoms with van der Waals surface area (Å²) in [5, 5.41) is 3.21. The lowest BCUT2D eigenvalue weighted by molar-refractivity contribution is -0.142. The fourth-order valence-electron chi connectivity index (χ4n) is 3.62. The van der Waals surface area contributed by atoms with Gasteiger partial charge in [-0.3, -0.25) is 9.59 Å². The molecule has 0 aliphatic carbocycles. The fraction of sp³-hybridized carbons (Fsp3) is 0.895. The summed E-state index contributed by atoms with van der Waals surface area (Å²) in [6, 6.07) is 0. The van der Waals surface area contributed by atoms with Crippen LogP contribution in [0.1, 0.15) is 74.7 Å². The van der Waals surface area contributed by atoms with Crippen molar-refractivity contribution in [1.29, 1.82) is 0 Å². The number of carbonyl (C=O) groups is 2. The van der Waals surface area contributed by atoms with E-state index in [1.807, 2.05) is 25.7 Å². The lowest BCUT2D eigenvalue weighted by Crippen LogP contribution is -2.51. The van der Waals surface area contributed by atoms with E-state index >= 15 is 0 Å². The van der Waals surface area contributed by atoms with Crippen molar-refractivity contribution in [2.45, 2.75) is 80.2 Å². The van der Waals surface area contributed by atoms with Gasteiger partial charge in [-0.15, -0.1) is 0 Å². The number of carbonyl (C=O) groups excluding carboxylic acids is 2. The van der Waals surface area contributed by atoms with Gasteiger partial charge in [0.1, 0.15) is 0 Å². The van der Waals surface area contributed by atoms with Gasteiger partial charge < -0.3 is 10.2 Å². The van der Waals surface area contributed by atoms with E-state index in [2.05, 4.69) is 39.9 Å². The molecular weight excluding hydrogens is 288 g/mol. The normalized spacial score (nSPS) is 18.0. The quantitative estimate of drug-likeness (QED) is 0.862. The maximum Gasteiger partial charge on any atom is 0.227 e. The van der Waals surface area contributed by atoms with Crippen molar-refractivity contribution < 1.29 is 9.59 Å². The van der Waals surface area contributed by atoms with Crippen molar-refractivity contribution >= 4 is 11.8 Å². The minimum atomic E-state index is -0.343. The SMILES string of the molecule is CC(C)(C)CC(C)(C)NC(=O)C1CCN(C(=O)C(C)(C)C)CC1. The Kier molecular flexibility index (Phi) is 5.93. The van der Waals surface area contributed by atoms with Gasteiger partial charge in [0.2, 0.25) is 11.8 Å². The largest absolute Gasteiger partial charge is 0.351 e. The van der Waals surface area contributed by atoms with Crippen LogP contribution in [0, 0.1) is 16.7 Å².